The summed E-state index contributed by atoms with van der Waals surface area (Å²) in [5, 5.41) is 9.65. The van der Waals surface area contributed by atoms with Gasteiger partial charge in [0.1, 0.15) is 0 Å². The Labute approximate surface area is 185 Å². The molecule has 0 atom stereocenters. The molecule has 0 radical (unpaired) electrons. The number of carbonyl (C=O) groups is 2. The molecule has 3 rings (SSSR count). The Bertz CT molecular complexity index is 769. The van der Waals surface area contributed by atoms with Crippen LogP contribution in [0, 0.1) is 0 Å². The molecule has 2 heterocycles. The summed E-state index contributed by atoms with van der Waals surface area (Å²) in [6.45, 7) is 11.3. The smallest absolute Gasteiger partial charge is 0.254 e. The van der Waals surface area contributed by atoms with Crippen LogP contribution in [-0.4, -0.2) is 78.9 Å². The number of hydrogen-bond donors (Lipinski definition) is 3. The molecule has 2 aliphatic heterocycles. The van der Waals surface area contributed by atoms with Gasteiger partial charge in [0.05, 0.1) is 13.1 Å². The average molecular weight is 429 g/mol. The number of likely N-dealkylation sites (tertiary alicyclic amines) is 1. The molecule has 8 nitrogen and oxygen atoms in total. The van der Waals surface area contributed by atoms with Crippen LogP contribution in [0.4, 0.5) is 0 Å². The Kier molecular flexibility index (Phi) is 8.28. The summed E-state index contributed by atoms with van der Waals surface area (Å²) in [4.78, 5) is 33.0. The van der Waals surface area contributed by atoms with Gasteiger partial charge in [0.15, 0.2) is 5.96 Å². The molecule has 0 unspecified atom stereocenters. The minimum atomic E-state index is -0.108. The third-order valence-corrected chi connectivity index (χ3v) is 5.89. The monoisotopic (exact) mass is 428 g/mol. The van der Waals surface area contributed by atoms with Crippen LogP contribution in [-0.2, 0) is 11.3 Å². The van der Waals surface area contributed by atoms with E-state index in [1.807, 2.05) is 24.3 Å². The Hall–Kier alpha value is -2.61. The van der Waals surface area contributed by atoms with Gasteiger partial charge < -0.3 is 25.8 Å². The number of aliphatic imine (C=N–C) groups is 1. The highest BCUT2D eigenvalue weighted by Gasteiger charge is 2.23. The third kappa shape index (κ3) is 6.69. The number of hydrogen-bond acceptors (Lipinski definition) is 4. The second kappa shape index (κ2) is 11.1. The van der Waals surface area contributed by atoms with Crippen LogP contribution in [0.5, 0.6) is 0 Å². The lowest BCUT2D eigenvalue weighted by Gasteiger charge is -2.35. The molecule has 0 aliphatic carbocycles. The zero-order valence-corrected chi connectivity index (χ0v) is 19.0. The molecular formula is C23H36N6O2. The van der Waals surface area contributed by atoms with Crippen molar-refractivity contribution < 1.29 is 9.59 Å². The van der Waals surface area contributed by atoms with E-state index in [-0.39, 0.29) is 18.4 Å². The second-order valence-electron chi connectivity index (χ2n) is 8.52. The lowest BCUT2D eigenvalue weighted by atomic mass is 10.0. The van der Waals surface area contributed by atoms with E-state index in [0.29, 0.717) is 37.3 Å². The van der Waals surface area contributed by atoms with E-state index in [1.54, 1.807) is 4.90 Å². The SMILES string of the molecule is CCNC(=NCc1ccc(C(=O)N2CCNC(=O)C2)cc1)NC1CCN(C(C)C)CC1. The minimum Gasteiger partial charge on any atom is -0.357 e. The molecule has 31 heavy (non-hydrogen) atoms. The Morgan fingerprint density at radius 1 is 1.19 bits per heavy atom. The van der Waals surface area contributed by atoms with Crippen molar-refractivity contribution in [2.45, 2.75) is 52.2 Å². The summed E-state index contributed by atoms with van der Waals surface area (Å²) < 4.78 is 0. The first-order valence-corrected chi connectivity index (χ1v) is 11.4. The van der Waals surface area contributed by atoms with Crippen LogP contribution < -0.4 is 16.0 Å². The Balaban J connectivity index is 1.54. The van der Waals surface area contributed by atoms with Crippen molar-refractivity contribution in [3.05, 3.63) is 35.4 Å². The quantitative estimate of drug-likeness (QED) is 0.468. The number of amides is 2. The summed E-state index contributed by atoms with van der Waals surface area (Å²) in [5.74, 6) is 0.626. The lowest BCUT2D eigenvalue weighted by Crippen LogP contribution is -2.50. The third-order valence-electron chi connectivity index (χ3n) is 5.89. The molecule has 2 fully saturated rings. The number of carbonyl (C=O) groups excluding carboxylic acids is 2. The maximum Gasteiger partial charge on any atom is 0.254 e. The van der Waals surface area contributed by atoms with Gasteiger partial charge in [0.25, 0.3) is 5.91 Å². The molecule has 2 amide bonds. The van der Waals surface area contributed by atoms with Crippen LogP contribution in [0.3, 0.4) is 0 Å². The van der Waals surface area contributed by atoms with E-state index >= 15 is 0 Å². The molecule has 0 spiro atoms. The molecule has 0 bridgehead atoms. The van der Waals surface area contributed by atoms with Gasteiger partial charge in [-0.3, -0.25) is 9.59 Å². The molecule has 0 aromatic heterocycles. The van der Waals surface area contributed by atoms with Gasteiger partial charge >= 0.3 is 0 Å². The minimum absolute atomic E-state index is 0.104. The van der Waals surface area contributed by atoms with Gasteiger partial charge in [-0.2, -0.15) is 0 Å². The Morgan fingerprint density at radius 3 is 2.52 bits per heavy atom. The van der Waals surface area contributed by atoms with Gasteiger partial charge in [-0.25, -0.2) is 4.99 Å². The fourth-order valence-corrected chi connectivity index (χ4v) is 3.99. The van der Waals surface area contributed by atoms with E-state index in [2.05, 4.69) is 41.6 Å². The summed E-state index contributed by atoms with van der Waals surface area (Å²) in [7, 11) is 0. The number of piperazine rings is 1. The molecule has 170 valence electrons. The lowest BCUT2D eigenvalue weighted by molar-refractivity contribution is -0.123. The zero-order chi connectivity index (χ0) is 22.2. The van der Waals surface area contributed by atoms with Crippen molar-refractivity contribution >= 4 is 17.8 Å². The van der Waals surface area contributed by atoms with E-state index < -0.39 is 0 Å². The highest BCUT2D eigenvalue weighted by molar-refractivity contribution is 5.97. The number of nitrogens with one attached hydrogen (secondary N) is 3. The van der Waals surface area contributed by atoms with Crippen LogP contribution >= 0.6 is 0 Å². The van der Waals surface area contributed by atoms with Crippen molar-refractivity contribution in [2.24, 2.45) is 4.99 Å². The normalized spacial score (nSPS) is 18.8. The molecule has 8 heteroatoms. The molecule has 2 aliphatic rings. The van der Waals surface area contributed by atoms with Crippen molar-refractivity contribution in [2.75, 3.05) is 39.3 Å². The van der Waals surface area contributed by atoms with Gasteiger partial charge in [0, 0.05) is 50.4 Å². The van der Waals surface area contributed by atoms with Crippen molar-refractivity contribution in [3.8, 4) is 0 Å². The predicted octanol–water partition coefficient (Wildman–Crippen LogP) is 1.19. The van der Waals surface area contributed by atoms with Crippen molar-refractivity contribution in [3.63, 3.8) is 0 Å². The van der Waals surface area contributed by atoms with Crippen molar-refractivity contribution in [1.82, 2.24) is 25.8 Å². The first-order valence-electron chi connectivity index (χ1n) is 11.4. The average Bonchev–Trinajstić information content (AvgIpc) is 2.78. The second-order valence-corrected chi connectivity index (χ2v) is 8.52. The first-order chi connectivity index (χ1) is 15.0. The number of rotatable bonds is 6. The molecule has 1 aromatic rings. The van der Waals surface area contributed by atoms with Gasteiger partial charge in [0.2, 0.25) is 5.91 Å². The standard InChI is InChI=1S/C23H36N6O2/c1-4-24-23(27-20-9-12-28(13-10-20)17(2)3)26-15-18-5-7-19(8-6-18)22(31)29-14-11-25-21(30)16-29/h5-8,17,20H,4,9-16H2,1-3H3,(H,25,30)(H2,24,26,27). The van der Waals surface area contributed by atoms with E-state index in [1.165, 1.54) is 0 Å². The number of nitrogens with zero attached hydrogens (tertiary/aromatic N) is 3. The maximum absolute atomic E-state index is 12.6. The van der Waals surface area contributed by atoms with Gasteiger partial charge in [-0.1, -0.05) is 12.1 Å². The predicted molar refractivity (Wildman–Crippen MR) is 123 cm³/mol. The van der Waals surface area contributed by atoms with Gasteiger partial charge in [-0.15, -0.1) is 0 Å². The fourth-order valence-electron chi connectivity index (χ4n) is 3.99. The highest BCUT2D eigenvalue weighted by Crippen LogP contribution is 2.13. The van der Waals surface area contributed by atoms with E-state index in [0.717, 1.165) is 44.0 Å². The molecule has 3 N–H and O–H groups in total. The fraction of sp³-hybridized carbons (Fsp3) is 0.609. The topological polar surface area (TPSA) is 89.1 Å². The summed E-state index contributed by atoms with van der Waals surface area (Å²) in [6.07, 6.45) is 2.24. The maximum atomic E-state index is 12.6. The molecule has 2 saturated heterocycles. The summed E-state index contributed by atoms with van der Waals surface area (Å²) in [6, 6.07) is 8.56. The largest absolute Gasteiger partial charge is 0.357 e. The van der Waals surface area contributed by atoms with E-state index in [4.69, 9.17) is 4.99 Å². The van der Waals surface area contributed by atoms with Crippen LogP contribution in [0.25, 0.3) is 0 Å². The summed E-state index contributed by atoms with van der Waals surface area (Å²) >= 11 is 0. The van der Waals surface area contributed by atoms with Gasteiger partial charge in [-0.05, 0) is 51.3 Å². The number of guanidine groups is 1. The Morgan fingerprint density at radius 2 is 1.90 bits per heavy atom. The van der Waals surface area contributed by atoms with E-state index in [9.17, 15) is 9.59 Å². The molecule has 1 aromatic carbocycles. The number of benzene rings is 1. The van der Waals surface area contributed by atoms with Crippen molar-refractivity contribution in [1.29, 1.82) is 0 Å². The molecular weight excluding hydrogens is 392 g/mol. The summed E-state index contributed by atoms with van der Waals surface area (Å²) in [5.41, 5.74) is 1.64. The number of piperidine rings is 1. The van der Waals surface area contributed by atoms with Crippen LogP contribution in [0.15, 0.2) is 29.3 Å². The van der Waals surface area contributed by atoms with Crippen LogP contribution in [0.2, 0.25) is 0 Å². The van der Waals surface area contributed by atoms with Crippen LogP contribution in [0.1, 0.15) is 49.5 Å². The molecule has 0 saturated carbocycles. The highest BCUT2D eigenvalue weighted by atomic mass is 16.2. The first kappa shape index (κ1) is 23.1. The zero-order valence-electron chi connectivity index (χ0n) is 19.0.